The molecule has 0 saturated carbocycles. The summed E-state index contributed by atoms with van der Waals surface area (Å²) in [6.07, 6.45) is 8.93. The number of nitrogens with two attached hydrogens (primary N) is 1. The number of nitrogen functional groups attached to an aromatic ring is 1. The maximum absolute atomic E-state index is 13.8. The van der Waals surface area contributed by atoms with Crippen LogP contribution in [-0.4, -0.2) is 77.8 Å². The summed E-state index contributed by atoms with van der Waals surface area (Å²) in [5.41, 5.74) is 13.4. The Balaban J connectivity index is 0.814. The Labute approximate surface area is 351 Å². The minimum absolute atomic E-state index is 0.0596. The molecule has 6 aromatic rings. The number of piperidine rings is 1. The van der Waals surface area contributed by atoms with Crippen molar-refractivity contribution in [2.24, 2.45) is 0 Å². The number of carbonyl (C=O) groups is 5. The molecule has 308 valence electrons. The number of benzene rings is 3. The lowest BCUT2D eigenvalue weighted by Crippen LogP contribution is -2.52. The van der Waals surface area contributed by atoms with Gasteiger partial charge in [0, 0.05) is 79.0 Å². The molecule has 2 fully saturated rings. The first-order chi connectivity index (χ1) is 29.7. The van der Waals surface area contributed by atoms with Crippen molar-refractivity contribution in [3.05, 3.63) is 137 Å². The fraction of sp³-hybridized carbons (Fsp3) is 0.261. The minimum Gasteiger partial charge on any atom is -0.384 e. The van der Waals surface area contributed by atoms with Crippen molar-refractivity contribution in [2.45, 2.75) is 63.6 Å². The predicted octanol–water partition coefficient (Wildman–Crippen LogP) is 5.34. The number of imide groups is 1. The minimum atomic E-state index is -0.656. The molecule has 5 N–H and O–H groups in total. The van der Waals surface area contributed by atoms with E-state index in [0.29, 0.717) is 72.9 Å². The average Bonchev–Trinajstić information content (AvgIpc) is 4.01. The van der Waals surface area contributed by atoms with E-state index >= 15 is 0 Å². The van der Waals surface area contributed by atoms with Crippen LogP contribution in [0.4, 0.5) is 17.3 Å². The summed E-state index contributed by atoms with van der Waals surface area (Å²) >= 11 is 0. The van der Waals surface area contributed by atoms with Gasteiger partial charge in [-0.05, 0) is 79.6 Å². The van der Waals surface area contributed by atoms with Crippen molar-refractivity contribution in [3.8, 4) is 11.3 Å². The first kappa shape index (κ1) is 39.1. The summed E-state index contributed by atoms with van der Waals surface area (Å²) in [6.45, 7) is 1.58. The van der Waals surface area contributed by atoms with Gasteiger partial charge < -0.3 is 26.2 Å². The maximum atomic E-state index is 13.8. The number of aromatic nitrogens is 4. The molecule has 15 nitrogen and oxygen atoms in total. The molecule has 3 aromatic carbocycles. The first-order valence-corrected chi connectivity index (χ1v) is 20.5. The van der Waals surface area contributed by atoms with Crippen LogP contribution in [0.3, 0.4) is 0 Å². The van der Waals surface area contributed by atoms with E-state index in [2.05, 4.69) is 50.2 Å². The van der Waals surface area contributed by atoms with Crippen LogP contribution in [0.1, 0.15) is 81.4 Å². The molecular weight excluding hydrogens is 773 g/mol. The molecule has 0 aliphatic carbocycles. The van der Waals surface area contributed by atoms with E-state index in [-0.39, 0.29) is 36.1 Å². The van der Waals surface area contributed by atoms with Gasteiger partial charge in [-0.1, -0.05) is 48.5 Å². The van der Waals surface area contributed by atoms with E-state index in [4.69, 9.17) is 10.7 Å². The number of likely N-dealkylation sites (tertiary alicyclic amines) is 1. The van der Waals surface area contributed by atoms with Gasteiger partial charge in [0.1, 0.15) is 34.7 Å². The van der Waals surface area contributed by atoms with E-state index < -0.39 is 11.9 Å². The van der Waals surface area contributed by atoms with Crippen LogP contribution in [0, 0.1) is 0 Å². The number of nitrogens with zero attached hydrogens (tertiary/aromatic N) is 6. The van der Waals surface area contributed by atoms with Gasteiger partial charge in [0.05, 0.1) is 6.04 Å². The van der Waals surface area contributed by atoms with Gasteiger partial charge in [0.25, 0.3) is 11.8 Å². The van der Waals surface area contributed by atoms with Crippen molar-refractivity contribution >= 4 is 52.4 Å². The zero-order chi connectivity index (χ0) is 42.0. The Hall–Kier alpha value is -7.42. The third-order valence-electron chi connectivity index (χ3n) is 11.8. The maximum Gasteiger partial charge on any atom is 0.256 e. The number of amides is 5. The number of nitrogens with one attached hydrogen (secondary N) is 3. The highest BCUT2D eigenvalue weighted by Gasteiger charge is 2.40. The lowest BCUT2D eigenvalue weighted by atomic mass is 10.0. The molecule has 5 amide bonds. The van der Waals surface area contributed by atoms with Crippen molar-refractivity contribution in [1.82, 2.24) is 34.5 Å². The lowest BCUT2D eigenvalue weighted by Gasteiger charge is -2.29. The second-order valence-corrected chi connectivity index (χ2v) is 15.6. The van der Waals surface area contributed by atoms with Crippen molar-refractivity contribution in [2.75, 3.05) is 29.5 Å². The number of anilines is 3. The molecule has 0 radical (unpaired) electrons. The van der Waals surface area contributed by atoms with Crippen molar-refractivity contribution in [3.63, 3.8) is 0 Å². The zero-order valence-electron chi connectivity index (χ0n) is 33.3. The van der Waals surface area contributed by atoms with E-state index in [9.17, 15) is 24.0 Å². The third kappa shape index (κ3) is 7.89. The van der Waals surface area contributed by atoms with Gasteiger partial charge in [-0.25, -0.2) is 15.0 Å². The smallest absolute Gasteiger partial charge is 0.256 e. The normalized spacial score (nSPS) is 17.4. The number of rotatable bonds is 12. The van der Waals surface area contributed by atoms with Crippen LogP contribution in [0.5, 0.6) is 0 Å². The number of carbonyl (C=O) groups excluding carboxylic acids is 5. The van der Waals surface area contributed by atoms with E-state index in [0.717, 1.165) is 53.0 Å². The van der Waals surface area contributed by atoms with Crippen molar-refractivity contribution in [1.29, 1.82) is 0 Å². The molecule has 2 atom stereocenters. The van der Waals surface area contributed by atoms with Crippen LogP contribution < -0.4 is 21.7 Å². The van der Waals surface area contributed by atoms with Gasteiger partial charge in [0.15, 0.2) is 0 Å². The van der Waals surface area contributed by atoms with Gasteiger partial charge >= 0.3 is 0 Å². The number of hydrogen-bond donors (Lipinski definition) is 4. The molecule has 15 heteroatoms. The number of pyridine rings is 1. The Morgan fingerprint density at radius 3 is 2.43 bits per heavy atom. The average molecular weight is 817 g/mol. The fourth-order valence-electron chi connectivity index (χ4n) is 8.62. The van der Waals surface area contributed by atoms with E-state index in [1.54, 1.807) is 53.7 Å². The molecular formula is C46H44N10O5. The number of imidazole rings is 1. The lowest BCUT2D eigenvalue weighted by molar-refractivity contribution is -0.137. The number of hydrogen-bond acceptors (Lipinski definition) is 10. The molecule has 1 unspecified atom stereocenters. The topological polar surface area (TPSA) is 197 Å². The van der Waals surface area contributed by atoms with Crippen LogP contribution >= 0.6 is 0 Å². The van der Waals surface area contributed by atoms with Crippen molar-refractivity contribution < 1.29 is 24.0 Å². The number of aryl methyl sites for hydroxylation is 1. The molecule has 61 heavy (non-hydrogen) atoms. The molecule has 3 aliphatic heterocycles. The summed E-state index contributed by atoms with van der Waals surface area (Å²) in [6, 6.07) is 25.4. The molecule has 0 spiro atoms. The van der Waals surface area contributed by atoms with Gasteiger partial charge in [-0.15, -0.1) is 0 Å². The van der Waals surface area contributed by atoms with Crippen LogP contribution in [-0.2, 0) is 33.8 Å². The van der Waals surface area contributed by atoms with Gasteiger partial charge in [-0.2, -0.15) is 0 Å². The summed E-state index contributed by atoms with van der Waals surface area (Å²) in [5.74, 6) is 0.362. The molecule has 3 aliphatic rings. The van der Waals surface area contributed by atoms with Crippen LogP contribution in [0.15, 0.2) is 104 Å². The molecule has 0 bridgehead atoms. The summed E-state index contributed by atoms with van der Waals surface area (Å²) in [7, 11) is 0. The summed E-state index contributed by atoms with van der Waals surface area (Å²) < 4.78 is 1.93. The highest BCUT2D eigenvalue weighted by molar-refractivity contribution is 6.06. The molecule has 6 heterocycles. The standard InChI is InChI=1S/C46H44N10O5/c47-42-41-40(30-14-16-31(17-15-30)44(59)51-37-8-1-2-22-49-37)53-43(55(41)26-24-50-42)35-7-4-25-54(35)39(58)20-13-28-9-11-29(12-10-28)21-23-48-34-6-3-5-32-33(34)27-56(46(32)61)36-18-19-38(57)52-45(36)60/h1-3,5-6,8-12,14-17,22,24,26,35-36,48H,4,7,13,18-21,23,25,27H2,(H2,47,50)(H,49,51,59)(H,52,57,60)/t35-,36?/m0/s1. The Morgan fingerprint density at radius 1 is 0.852 bits per heavy atom. The highest BCUT2D eigenvalue weighted by Crippen LogP contribution is 2.37. The van der Waals surface area contributed by atoms with E-state index in [1.807, 2.05) is 39.8 Å². The van der Waals surface area contributed by atoms with Gasteiger partial charge in [-0.3, -0.25) is 33.7 Å². The Morgan fingerprint density at radius 2 is 1.66 bits per heavy atom. The largest absolute Gasteiger partial charge is 0.384 e. The molecule has 3 aromatic heterocycles. The van der Waals surface area contributed by atoms with Crippen LogP contribution in [0.2, 0.25) is 0 Å². The molecule has 9 rings (SSSR count). The Bertz CT molecular complexity index is 2660. The first-order valence-electron chi connectivity index (χ1n) is 20.5. The van der Waals surface area contributed by atoms with Gasteiger partial charge in [0.2, 0.25) is 17.7 Å². The monoisotopic (exact) mass is 816 g/mol. The summed E-state index contributed by atoms with van der Waals surface area (Å²) in [4.78, 5) is 81.2. The summed E-state index contributed by atoms with van der Waals surface area (Å²) in [5, 5.41) is 8.64. The van der Waals surface area contributed by atoms with E-state index in [1.165, 1.54) is 0 Å². The third-order valence-corrected chi connectivity index (χ3v) is 11.8. The Kier molecular flexibility index (Phi) is 10.7. The predicted molar refractivity (Wildman–Crippen MR) is 228 cm³/mol. The fourth-order valence-corrected chi connectivity index (χ4v) is 8.62. The van der Waals surface area contributed by atoms with Crippen LogP contribution in [0.25, 0.3) is 16.8 Å². The number of fused-ring (bicyclic) bond motifs is 2. The quantitative estimate of drug-likeness (QED) is 0.117. The second-order valence-electron chi connectivity index (χ2n) is 15.6. The second kappa shape index (κ2) is 16.7. The highest BCUT2D eigenvalue weighted by atomic mass is 16.2. The SMILES string of the molecule is Nc1nccn2c([C@@H]3CCCN3C(=O)CCc3ccc(CCNc4cccc5c4CN(C4CCC(=O)NC4=O)C5=O)cc3)nc(-c3ccc(C(=O)Nc4ccccn4)cc3)c12. The molecule has 2 saturated heterocycles. The zero-order valence-corrected chi connectivity index (χ0v) is 33.3.